The zero-order valence-corrected chi connectivity index (χ0v) is 21.9. The van der Waals surface area contributed by atoms with E-state index in [1.165, 1.54) is 12.8 Å². The van der Waals surface area contributed by atoms with Crippen molar-refractivity contribution < 1.29 is 28.0 Å². The van der Waals surface area contributed by atoms with Gasteiger partial charge in [-0.15, -0.1) is 0 Å². The second-order valence-electron chi connectivity index (χ2n) is 12.5. The van der Waals surface area contributed by atoms with Crippen LogP contribution in [0.4, 0.5) is 0 Å². The molecule has 0 radical (unpaired) electrons. The van der Waals surface area contributed by atoms with E-state index in [9.17, 15) is 23.4 Å². The molecule has 0 saturated heterocycles. The van der Waals surface area contributed by atoms with Crippen molar-refractivity contribution in [1.82, 2.24) is 5.32 Å². The molecule has 0 unspecified atom stereocenters. The number of hydrogen-bond acceptors (Lipinski definition) is 5. The lowest BCUT2D eigenvalue weighted by molar-refractivity contribution is -0.174. The van der Waals surface area contributed by atoms with E-state index in [-0.39, 0.29) is 35.5 Å². The molecule has 196 valence electrons. The first-order chi connectivity index (χ1) is 15.9. The lowest BCUT2D eigenvalue weighted by Gasteiger charge is -2.62. The van der Waals surface area contributed by atoms with Crippen LogP contribution in [-0.4, -0.2) is 53.6 Å². The number of fused-ring (bicyclic) bond motifs is 5. The highest BCUT2D eigenvalue weighted by atomic mass is 32.2. The molecule has 0 spiro atoms. The van der Waals surface area contributed by atoms with Crippen LogP contribution >= 0.6 is 0 Å². The van der Waals surface area contributed by atoms with Crippen LogP contribution in [0.5, 0.6) is 0 Å². The summed E-state index contributed by atoms with van der Waals surface area (Å²) in [6.07, 6.45) is 8.93. The van der Waals surface area contributed by atoms with Gasteiger partial charge in [-0.3, -0.25) is 9.35 Å². The Kier molecular flexibility index (Phi) is 7.47. The van der Waals surface area contributed by atoms with E-state index in [0.29, 0.717) is 48.3 Å². The SMILES string of the molecule is C[C@H](CCC(=O)NCCS(=O)(=O)O)[C@H]1CC[C@H]2[C@@H]3CC[C@@H]4C[C@H](O)CC[C@@]4(C)[C@H]3C[C@H](O)[C@@]12C. The summed E-state index contributed by atoms with van der Waals surface area (Å²) >= 11 is 0. The van der Waals surface area contributed by atoms with Crippen molar-refractivity contribution in [2.45, 2.75) is 97.2 Å². The minimum atomic E-state index is -4.07. The van der Waals surface area contributed by atoms with Crippen LogP contribution in [0, 0.1) is 46.3 Å². The van der Waals surface area contributed by atoms with Crippen molar-refractivity contribution >= 4 is 16.0 Å². The first-order valence-corrected chi connectivity index (χ1v) is 15.0. The fourth-order valence-corrected chi connectivity index (χ4v) is 9.49. The van der Waals surface area contributed by atoms with E-state index < -0.39 is 15.9 Å². The van der Waals surface area contributed by atoms with Crippen LogP contribution in [0.15, 0.2) is 0 Å². The Labute approximate surface area is 205 Å². The Hall–Kier alpha value is -0.700. The molecule has 4 aliphatic carbocycles. The molecule has 7 nitrogen and oxygen atoms in total. The molecule has 4 rings (SSSR count). The predicted molar refractivity (Wildman–Crippen MR) is 130 cm³/mol. The monoisotopic (exact) mass is 499 g/mol. The quantitative estimate of drug-likeness (QED) is 0.398. The standard InChI is InChI=1S/C26H45NO6S/c1-16(4-9-24(30)27-12-13-34(31,32)33)20-7-8-21-19-6-5-17-14-18(28)10-11-25(17,2)22(19)15-23(29)26(20,21)3/h16-23,28-29H,4-15H2,1-3H3,(H,27,30)(H,31,32,33)/t16-,17-,18-,19+,20-,21+,22+,23+,25-,26+/m1/s1. The Balaban J connectivity index is 1.40. The van der Waals surface area contributed by atoms with Gasteiger partial charge in [-0.05, 0) is 104 Å². The zero-order valence-electron chi connectivity index (χ0n) is 21.1. The van der Waals surface area contributed by atoms with Crippen LogP contribution in [0.2, 0.25) is 0 Å². The number of aliphatic hydroxyl groups excluding tert-OH is 2. The Morgan fingerprint density at radius 3 is 2.50 bits per heavy atom. The van der Waals surface area contributed by atoms with Gasteiger partial charge in [0, 0.05) is 13.0 Å². The molecule has 0 aromatic carbocycles. The van der Waals surface area contributed by atoms with Crippen LogP contribution in [0.1, 0.15) is 85.0 Å². The average Bonchev–Trinajstić information content (AvgIpc) is 3.11. The zero-order chi connectivity index (χ0) is 24.9. The molecular weight excluding hydrogens is 454 g/mol. The van der Waals surface area contributed by atoms with E-state index in [1.54, 1.807) is 0 Å². The number of carbonyl (C=O) groups is 1. The van der Waals surface area contributed by atoms with Gasteiger partial charge < -0.3 is 15.5 Å². The molecule has 8 heteroatoms. The third-order valence-electron chi connectivity index (χ3n) is 11.0. The lowest BCUT2D eigenvalue weighted by Crippen LogP contribution is -2.58. The van der Waals surface area contributed by atoms with Gasteiger partial charge in [0.1, 0.15) is 0 Å². The molecule has 0 aromatic heterocycles. The van der Waals surface area contributed by atoms with Crippen molar-refractivity contribution in [1.29, 1.82) is 0 Å². The summed E-state index contributed by atoms with van der Waals surface area (Å²) in [7, 11) is -4.07. The maximum absolute atomic E-state index is 12.2. The summed E-state index contributed by atoms with van der Waals surface area (Å²) in [6, 6.07) is 0. The smallest absolute Gasteiger partial charge is 0.266 e. The summed E-state index contributed by atoms with van der Waals surface area (Å²) in [5.41, 5.74) is 0.105. The topological polar surface area (TPSA) is 124 Å². The number of rotatable bonds is 7. The molecule has 1 amide bonds. The van der Waals surface area contributed by atoms with Crippen LogP contribution in [-0.2, 0) is 14.9 Å². The fourth-order valence-electron chi connectivity index (χ4n) is 9.13. The molecule has 0 aromatic rings. The minimum absolute atomic E-state index is 0.0756. The second kappa shape index (κ2) is 9.64. The summed E-state index contributed by atoms with van der Waals surface area (Å²) in [5.74, 6) is 2.28. The molecule has 4 aliphatic rings. The number of aliphatic hydroxyl groups is 2. The number of hydrogen-bond donors (Lipinski definition) is 4. The van der Waals surface area contributed by atoms with Gasteiger partial charge in [0.2, 0.25) is 5.91 Å². The highest BCUT2D eigenvalue weighted by Crippen LogP contribution is 2.68. The van der Waals surface area contributed by atoms with Crippen LogP contribution in [0.25, 0.3) is 0 Å². The van der Waals surface area contributed by atoms with Crippen LogP contribution in [0.3, 0.4) is 0 Å². The van der Waals surface area contributed by atoms with E-state index >= 15 is 0 Å². The average molecular weight is 500 g/mol. The van der Waals surface area contributed by atoms with Crippen LogP contribution < -0.4 is 5.32 Å². The van der Waals surface area contributed by atoms with Gasteiger partial charge in [0.15, 0.2) is 0 Å². The Morgan fingerprint density at radius 1 is 1.06 bits per heavy atom. The summed E-state index contributed by atoms with van der Waals surface area (Å²) in [4.78, 5) is 12.2. The normalized spacial score (nSPS) is 45.1. The molecule has 0 heterocycles. The van der Waals surface area contributed by atoms with Gasteiger partial charge in [0.25, 0.3) is 10.1 Å². The third kappa shape index (κ3) is 4.81. The van der Waals surface area contributed by atoms with E-state index in [0.717, 1.165) is 38.5 Å². The molecule has 0 bridgehead atoms. The first-order valence-electron chi connectivity index (χ1n) is 13.4. The largest absolute Gasteiger partial charge is 0.393 e. The van der Waals surface area contributed by atoms with E-state index in [2.05, 4.69) is 26.1 Å². The highest BCUT2D eigenvalue weighted by molar-refractivity contribution is 7.85. The van der Waals surface area contributed by atoms with Gasteiger partial charge in [0.05, 0.1) is 18.0 Å². The molecule has 4 saturated carbocycles. The number of amides is 1. The first kappa shape index (κ1) is 26.4. The molecule has 34 heavy (non-hydrogen) atoms. The molecule has 4 fully saturated rings. The minimum Gasteiger partial charge on any atom is -0.393 e. The van der Waals surface area contributed by atoms with Crippen molar-refractivity contribution in [2.24, 2.45) is 46.3 Å². The molecule has 10 atom stereocenters. The van der Waals surface area contributed by atoms with Gasteiger partial charge >= 0.3 is 0 Å². The van der Waals surface area contributed by atoms with Gasteiger partial charge in [-0.2, -0.15) is 8.42 Å². The maximum atomic E-state index is 12.2. The van der Waals surface area contributed by atoms with Crippen molar-refractivity contribution in [3.8, 4) is 0 Å². The summed E-state index contributed by atoms with van der Waals surface area (Å²) in [6.45, 7) is 6.86. The van der Waals surface area contributed by atoms with E-state index in [4.69, 9.17) is 4.55 Å². The van der Waals surface area contributed by atoms with E-state index in [1.807, 2.05) is 0 Å². The lowest BCUT2D eigenvalue weighted by atomic mass is 9.43. The van der Waals surface area contributed by atoms with Crippen molar-refractivity contribution in [2.75, 3.05) is 12.3 Å². The molecular formula is C26H45NO6S. The Bertz CT molecular complexity index is 863. The third-order valence-corrected chi connectivity index (χ3v) is 11.7. The van der Waals surface area contributed by atoms with Crippen molar-refractivity contribution in [3.05, 3.63) is 0 Å². The van der Waals surface area contributed by atoms with Gasteiger partial charge in [-0.1, -0.05) is 20.8 Å². The Morgan fingerprint density at radius 2 is 1.79 bits per heavy atom. The van der Waals surface area contributed by atoms with Gasteiger partial charge in [-0.25, -0.2) is 0 Å². The maximum Gasteiger partial charge on any atom is 0.266 e. The van der Waals surface area contributed by atoms with Crippen molar-refractivity contribution in [3.63, 3.8) is 0 Å². The summed E-state index contributed by atoms with van der Waals surface area (Å²) < 4.78 is 30.5. The molecule has 4 N–H and O–H groups in total. The number of carbonyl (C=O) groups excluding carboxylic acids is 1. The number of nitrogens with one attached hydrogen (secondary N) is 1. The second-order valence-corrected chi connectivity index (χ2v) is 14.1. The fraction of sp³-hybridized carbons (Fsp3) is 0.962. The highest BCUT2D eigenvalue weighted by Gasteiger charge is 2.63. The molecule has 0 aliphatic heterocycles. The predicted octanol–water partition coefficient (Wildman–Crippen LogP) is 3.40. The summed E-state index contributed by atoms with van der Waals surface area (Å²) in [5, 5.41) is 24.5.